The van der Waals surface area contributed by atoms with E-state index in [1.165, 1.54) is 33.9 Å². The van der Waals surface area contributed by atoms with E-state index in [9.17, 15) is 13.2 Å². The van der Waals surface area contributed by atoms with Crippen molar-refractivity contribution in [1.82, 2.24) is 14.5 Å². The predicted molar refractivity (Wildman–Crippen MR) is 117 cm³/mol. The van der Waals surface area contributed by atoms with Gasteiger partial charge in [0.25, 0.3) is 0 Å². The zero-order chi connectivity index (χ0) is 21.8. The summed E-state index contributed by atoms with van der Waals surface area (Å²) in [6, 6.07) is 16.6. The van der Waals surface area contributed by atoms with E-state index in [-0.39, 0.29) is 0 Å². The quantitative estimate of drug-likeness (QED) is 0.293. The Bertz CT molecular complexity index is 1160. The van der Waals surface area contributed by atoms with Gasteiger partial charge in [0.1, 0.15) is 17.3 Å². The summed E-state index contributed by atoms with van der Waals surface area (Å²) >= 11 is 2.71. The Labute approximate surface area is 185 Å². The third-order valence-electron chi connectivity index (χ3n) is 4.46. The average molecular weight is 462 g/mol. The molecule has 0 saturated carbocycles. The molecule has 2 aromatic heterocycles. The smallest absolute Gasteiger partial charge is 0.406 e. The van der Waals surface area contributed by atoms with Crippen molar-refractivity contribution in [2.75, 3.05) is 7.11 Å². The van der Waals surface area contributed by atoms with Gasteiger partial charge in [-0.1, -0.05) is 54.2 Å². The second kappa shape index (κ2) is 9.15. The second-order valence-corrected chi connectivity index (χ2v) is 8.43. The number of hydrogen-bond acceptors (Lipinski definition) is 5. The van der Waals surface area contributed by atoms with Crippen molar-refractivity contribution in [2.24, 2.45) is 0 Å². The van der Waals surface area contributed by atoms with Gasteiger partial charge < -0.3 is 9.30 Å². The zero-order valence-electron chi connectivity index (χ0n) is 16.5. The lowest BCUT2D eigenvalue weighted by atomic mass is 10.2. The maximum Gasteiger partial charge on any atom is 0.406 e. The van der Waals surface area contributed by atoms with Crippen molar-refractivity contribution in [1.29, 1.82) is 0 Å². The minimum atomic E-state index is -4.35. The highest BCUT2D eigenvalue weighted by atomic mass is 32.2. The molecule has 2 heterocycles. The third kappa shape index (κ3) is 5.11. The maximum atomic E-state index is 13.2. The van der Waals surface area contributed by atoms with Gasteiger partial charge in [-0.2, -0.15) is 13.2 Å². The molecule has 9 heteroatoms. The molecule has 0 atom stereocenters. The summed E-state index contributed by atoms with van der Waals surface area (Å²) in [7, 11) is 1.61. The summed E-state index contributed by atoms with van der Waals surface area (Å²) < 4.78 is 46.3. The van der Waals surface area contributed by atoms with E-state index in [0.717, 1.165) is 22.0 Å². The summed E-state index contributed by atoms with van der Waals surface area (Å²) in [4.78, 5) is 8.90. The van der Waals surface area contributed by atoms with E-state index in [0.29, 0.717) is 22.2 Å². The number of alkyl halides is 3. The lowest BCUT2D eigenvalue weighted by Crippen LogP contribution is -2.19. The molecule has 4 aromatic rings. The van der Waals surface area contributed by atoms with Crippen molar-refractivity contribution < 1.29 is 17.9 Å². The van der Waals surface area contributed by atoms with Crippen molar-refractivity contribution in [2.45, 2.75) is 23.6 Å². The highest BCUT2D eigenvalue weighted by Crippen LogP contribution is 2.35. The number of aromatic nitrogens is 3. The number of imidazole rings is 1. The average Bonchev–Trinajstić information content (AvgIpc) is 3.39. The highest BCUT2D eigenvalue weighted by molar-refractivity contribution is 7.98. The van der Waals surface area contributed by atoms with Gasteiger partial charge in [0.2, 0.25) is 0 Å². The van der Waals surface area contributed by atoms with Gasteiger partial charge in [0, 0.05) is 11.1 Å². The SMILES string of the molecule is COc1ccccc1-c1nc(CSc2ncc(-c3ccccc3)n2CC(F)(F)F)cs1. The normalized spacial score (nSPS) is 11.6. The Kier molecular flexibility index (Phi) is 6.33. The molecule has 0 spiro atoms. The van der Waals surface area contributed by atoms with Crippen LogP contribution >= 0.6 is 23.1 Å². The molecule has 0 N–H and O–H groups in total. The van der Waals surface area contributed by atoms with E-state index >= 15 is 0 Å². The van der Waals surface area contributed by atoms with Crippen molar-refractivity contribution in [3.05, 3.63) is 71.9 Å². The zero-order valence-corrected chi connectivity index (χ0v) is 18.1. The van der Waals surface area contributed by atoms with Crippen molar-refractivity contribution in [3.8, 4) is 27.6 Å². The van der Waals surface area contributed by atoms with Gasteiger partial charge in [-0.15, -0.1) is 11.3 Å². The van der Waals surface area contributed by atoms with E-state index in [4.69, 9.17) is 4.74 Å². The molecule has 4 rings (SSSR count). The number of nitrogens with zero attached hydrogens (tertiary/aromatic N) is 3. The Morgan fingerprint density at radius 1 is 1.06 bits per heavy atom. The van der Waals surface area contributed by atoms with Crippen LogP contribution in [-0.2, 0) is 12.3 Å². The van der Waals surface area contributed by atoms with Crippen LogP contribution in [0.25, 0.3) is 21.8 Å². The number of hydrogen-bond donors (Lipinski definition) is 0. The van der Waals surface area contributed by atoms with E-state index in [1.807, 2.05) is 35.7 Å². The molecule has 0 aliphatic rings. The first-order valence-electron chi connectivity index (χ1n) is 9.33. The summed E-state index contributed by atoms with van der Waals surface area (Å²) in [5.74, 6) is 1.14. The van der Waals surface area contributed by atoms with E-state index in [2.05, 4.69) is 9.97 Å². The number of thiazole rings is 1. The molecular formula is C22H18F3N3OS2. The van der Waals surface area contributed by atoms with Gasteiger partial charge >= 0.3 is 6.18 Å². The molecule has 0 radical (unpaired) electrons. The van der Waals surface area contributed by atoms with Crippen molar-refractivity contribution in [3.63, 3.8) is 0 Å². The van der Waals surface area contributed by atoms with E-state index < -0.39 is 12.7 Å². The molecule has 31 heavy (non-hydrogen) atoms. The standard InChI is InChI=1S/C22H18F3N3OS2/c1-29-19-10-6-5-9-17(19)20-27-16(12-30-20)13-31-21-26-11-18(15-7-3-2-4-8-15)28(21)14-22(23,24)25/h2-12H,13-14H2,1H3. The molecule has 0 bridgehead atoms. The van der Waals surface area contributed by atoms with Gasteiger partial charge in [-0.05, 0) is 17.7 Å². The fraction of sp³-hybridized carbons (Fsp3) is 0.182. The van der Waals surface area contributed by atoms with E-state index in [1.54, 1.807) is 31.4 Å². The molecule has 0 aliphatic heterocycles. The topological polar surface area (TPSA) is 39.9 Å². The minimum absolute atomic E-state index is 0.308. The molecule has 0 fully saturated rings. The fourth-order valence-corrected chi connectivity index (χ4v) is 4.93. The van der Waals surface area contributed by atoms with Crippen LogP contribution in [0.15, 0.2) is 71.3 Å². The Hall–Kier alpha value is -2.78. The largest absolute Gasteiger partial charge is 0.496 e. The number of benzene rings is 2. The first-order valence-corrected chi connectivity index (χ1v) is 11.2. The van der Waals surface area contributed by atoms with Crippen LogP contribution in [0.2, 0.25) is 0 Å². The predicted octanol–water partition coefficient (Wildman–Crippen LogP) is 6.54. The number of methoxy groups -OCH3 is 1. The monoisotopic (exact) mass is 461 g/mol. The molecule has 0 aliphatic carbocycles. The lowest BCUT2D eigenvalue weighted by molar-refractivity contribution is -0.141. The number of para-hydroxylation sites is 1. The number of halogens is 3. The van der Waals surface area contributed by atoms with Crippen LogP contribution in [0.4, 0.5) is 13.2 Å². The minimum Gasteiger partial charge on any atom is -0.496 e. The first-order chi connectivity index (χ1) is 14.9. The molecular weight excluding hydrogens is 443 g/mol. The van der Waals surface area contributed by atoms with Crippen LogP contribution in [0.5, 0.6) is 5.75 Å². The molecule has 0 unspecified atom stereocenters. The van der Waals surface area contributed by atoms with Crippen LogP contribution in [-0.4, -0.2) is 27.8 Å². The molecule has 0 saturated heterocycles. The summed E-state index contributed by atoms with van der Waals surface area (Å²) in [6.45, 7) is -1.09. The number of ether oxygens (including phenoxy) is 1. The molecule has 4 nitrogen and oxygen atoms in total. The van der Waals surface area contributed by atoms with Gasteiger partial charge in [-0.3, -0.25) is 0 Å². The maximum absolute atomic E-state index is 13.2. The van der Waals surface area contributed by atoms with Gasteiger partial charge in [0.05, 0.1) is 30.3 Å². The number of thioether (sulfide) groups is 1. The Morgan fingerprint density at radius 2 is 1.81 bits per heavy atom. The highest BCUT2D eigenvalue weighted by Gasteiger charge is 2.30. The molecule has 2 aromatic carbocycles. The molecule has 0 amide bonds. The Balaban J connectivity index is 1.56. The van der Waals surface area contributed by atoms with Crippen LogP contribution in [0.3, 0.4) is 0 Å². The van der Waals surface area contributed by atoms with Gasteiger partial charge in [-0.25, -0.2) is 9.97 Å². The molecule has 160 valence electrons. The second-order valence-electron chi connectivity index (χ2n) is 6.63. The van der Waals surface area contributed by atoms with Gasteiger partial charge in [0.15, 0.2) is 5.16 Å². The summed E-state index contributed by atoms with van der Waals surface area (Å²) in [6.07, 6.45) is -2.86. The fourth-order valence-electron chi connectivity index (χ4n) is 3.10. The summed E-state index contributed by atoms with van der Waals surface area (Å²) in [5.41, 5.74) is 2.79. The van der Waals surface area contributed by atoms with Crippen LogP contribution < -0.4 is 4.74 Å². The Morgan fingerprint density at radius 3 is 2.55 bits per heavy atom. The lowest BCUT2D eigenvalue weighted by Gasteiger charge is -2.14. The van der Waals surface area contributed by atoms with Crippen LogP contribution in [0.1, 0.15) is 5.69 Å². The first kappa shape index (κ1) is 21.5. The van der Waals surface area contributed by atoms with Crippen LogP contribution in [0, 0.1) is 0 Å². The number of rotatable bonds is 7. The summed E-state index contributed by atoms with van der Waals surface area (Å²) in [5, 5.41) is 3.02. The third-order valence-corrected chi connectivity index (χ3v) is 6.41. The van der Waals surface area contributed by atoms with Crippen molar-refractivity contribution >= 4 is 23.1 Å².